The predicted octanol–water partition coefficient (Wildman–Crippen LogP) is 2.28. The molecule has 0 atom stereocenters. The minimum atomic E-state index is -3.22. The van der Waals surface area contributed by atoms with Gasteiger partial charge in [-0.05, 0) is 43.5 Å². The zero-order chi connectivity index (χ0) is 18.4. The van der Waals surface area contributed by atoms with Crippen LogP contribution >= 0.6 is 0 Å². The second kappa shape index (κ2) is 8.67. The lowest BCUT2D eigenvalue weighted by molar-refractivity contribution is 0.0764. The summed E-state index contributed by atoms with van der Waals surface area (Å²) in [5, 5.41) is 0. The van der Waals surface area contributed by atoms with Crippen molar-refractivity contribution >= 4 is 15.9 Å². The van der Waals surface area contributed by atoms with Crippen molar-refractivity contribution in [3.63, 3.8) is 0 Å². The Kier molecular flexibility index (Phi) is 6.84. The minimum Gasteiger partial charge on any atom is -0.496 e. The Balaban J connectivity index is 2.05. The third-order valence-electron chi connectivity index (χ3n) is 4.53. The first-order valence-electron chi connectivity index (χ1n) is 8.80. The Labute approximate surface area is 150 Å². The molecule has 140 valence electrons. The van der Waals surface area contributed by atoms with E-state index in [4.69, 9.17) is 4.74 Å². The van der Waals surface area contributed by atoms with E-state index >= 15 is 0 Å². The zero-order valence-corrected chi connectivity index (χ0v) is 16.1. The summed E-state index contributed by atoms with van der Waals surface area (Å²) in [5.74, 6) is 0.883. The van der Waals surface area contributed by atoms with Crippen LogP contribution in [0, 0.1) is 6.92 Å². The Bertz CT molecular complexity index is 703. The van der Waals surface area contributed by atoms with Crippen LogP contribution in [0.3, 0.4) is 0 Å². The molecule has 0 bridgehead atoms. The van der Waals surface area contributed by atoms with Gasteiger partial charge in [0.25, 0.3) is 5.91 Å². The van der Waals surface area contributed by atoms with Crippen molar-refractivity contribution in [2.75, 3.05) is 39.0 Å². The fourth-order valence-corrected chi connectivity index (χ4v) is 4.70. The van der Waals surface area contributed by atoms with Gasteiger partial charge in [0.2, 0.25) is 10.0 Å². The first-order chi connectivity index (χ1) is 11.9. The van der Waals surface area contributed by atoms with Crippen molar-refractivity contribution in [1.82, 2.24) is 9.21 Å². The van der Waals surface area contributed by atoms with Crippen LogP contribution in [0.5, 0.6) is 5.75 Å². The second-order valence-electron chi connectivity index (χ2n) is 6.40. The molecule has 0 N–H and O–H groups in total. The van der Waals surface area contributed by atoms with Crippen LogP contribution in [0.1, 0.15) is 42.1 Å². The summed E-state index contributed by atoms with van der Waals surface area (Å²) in [6.45, 7) is 5.73. The van der Waals surface area contributed by atoms with E-state index in [9.17, 15) is 13.2 Å². The summed E-state index contributed by atoms with van der Waals surface area (Å²) >= 11 is 0. The highest BCUT2D eigenvalue weighted by molar-refractivity contribution is 7.89. The van der Waals surface area contributed by atoms with Crippen molar-refractivity contribution in [2.24, 2.45) is 0 Å². The minimum absolute atomic E-state index is 0.0569. The normalized spacial score (nSPS) is 16.5. The molecule has 1 amide bonds. The molecule has 0 spiro atoms. The van der Waals surface area contributed by atoms with Gasteiger partial charge in [0, 0.05) is 31.7 Å². The molecule has 1 heterocycles. The quantitative estimate of drug-likeness (QED) is 0.773. The number of carbonyl (C=O) groups is 1. The molecule has 1 aliphatic rings. The average molecular weight is 368 g/mol. The van der Waals surface area contributed by atoms with E-state index in [1.165, 1.54) is 4.31 Å². The molecule has 25 heavy (non-hydrogen) atoms. The van der Waals surface area contributed by atoms with Crippen molar-refractivity contribution in [3.8, 4) is 5.75 Å². The van der Waals surface area contributed by atoms with Gasteiger partial charge in [-0.3, -0.25) is 4.79 Å². The molecule has 0 radical (unpaired) electrons. The Hall–Kier alpha value is -1.60. The fraction of sp³-hybridized carbons (Fsp3) is 0.611. The van der Waals surface area contributed by atoms with Crippen LogP contribution < -0.4 is 4.74 Å². The van der Waals surface area contributed by atoms with Gasteiger partial charge in [-0.1, -0.05) is 13.3 Å². The lowest BCUT2D eigenvalue weighted by Gasteiger charge is -2.22. The number of amides is 1. The molecule has 0 saturated carbocycles. The van der Waals surface area contributed by atoms with Crippen molar-refractivity contribution in [2.45, 2.75) is 33.1 Å². The van der Waals surface area contributed by atoms with Crippen LogP contribution in [0.15, 0.2) is 18.2 Å². The number of aryl methyl sites for hydroxylation is 1. The van der Waals surface area contributed by atoms with E-state index < -0.39 is 10.0 Å². The van der Waals surface area contributed by atoms with E-state index in [0.717, 1.165) is 17.7 Å². The maximum absolute atomic E-state index is 12.7. The number of carbonyl (C=O) groups excluding carboxylic acids is 1. The Morgan fingerprint density at radius 3 is 2.60 bits per heavy atom. The second-order valence-corrected chi connectivity index (χ2v) is 8.49. The molecule has 7 heteroatoms. The summed E-state index contributed by atoms with van der Waals surface area (Å²) < 4.78 is 31.5. The van der Waals surface area contributed by atoms with E-state index in [-0.39, 0.29) is 11.7 Å². The standard InChI is InChI=1S/C18H28N2O4S/c1-4-5-13-25(22,23)20-10-6-9-19(11-12-20)18(21)16-7-8-17(24-3)15(2)14-16/h7-8,14H,4-6,9-13H2,1-3H3. The molecule has 1 aromatic rings. The topological polar surface area (TPSA) is 66.9 Å². The van der Waals surface area contributed by atoms with Crippen molar-refractivity contribution in [1.29, 1.82) is 0 Å². The zero-order valence-electron chi connectivity index (χ0n) is 15.3. The number of hydrogen-bond donors (Lipinski definition) is 0. The van der Waals surface area contributed by atoms with Crippen LogP contribution in [0.4, 0.5) is 0 Å². The summed E-state index contributed by atoms with van der Waals surface area (Å²) in [4.78, 5) is 14.5. The van der Waals surface area contributed by atoms with Crippen LogP contribution in [-0.2, 0) is 10.0 Å². The van der Waals surface area contributed by atoms with E-state index in [0.29, 0.717) is 44.6 Å². The SMILES string of the molecule is CCCCS(=O)(=O)N1CCCN(C(=O)c2ccc(OC)c(C)c2)CC1. The summed E-state index contributed by atoms with van der Waals surface area (Å²) in [5.41, 5.74) is 1.52. The van der Waals surface area contributed by atoms with Gasteiger partial charge in [-0.2, -0.15) is 0 Å². The number of methoxy groups -OCH3 is 1. The highest BCUT2D eigenvalue weighted by atomic mass is 32.2. The van der Waals surface area contributed by atoms with Gasteiger partial charge >= 0.3 is 0 Å². The van der Waals surface area contributed by atoms with E-state index in [1.807, 2.05) is 19.9 Å². The molecule has 0 unspecified atom stereocenters. The van der Waals surface area contributed by atoms with Gasteiger partial charge in [0.1, 0.15) is 5.75 Å². The van der Waals surface area contributed by atoms with E-state index in [2.05, 4.69) is 0 Å². The maximum atomic E-state index is 12.7. The number of unbranched alkanes of at least 4 members (excludes halogenated alkanes) is 1. The highest BCUT2D eigenvalue weighted by Gasteiger charge is 2.26. The van der Waals surface area contributed by atoms with Crippen LogP contribution in [0.2, 0.25) is 0 Å². The molecule has 2 rings (SSSR count). The molecule has 1 aliphatic heterocycles. The third kappa shape index (κ3) is 4.95. The molecular weight excluding hydrogens is 340 g/mol. The van der Waals surface area contributed by atoms with Crippen molar-refractivity contribution in [3.05, 3.63) is 29.3 Å². The average Bonchev–Trinajstić information content (AvgIpc) is 2.86. The van der Waals surface area contributed by atoms with Gasteiger partial charge in [0.15, 0.2) is 0 Å². The first-order valence-corrected chi connectivity index (χ1v) is 10.4. The van der Waals surface area contributed by atoms with Crippen molar-refractivity contribution < 1.29 is 17.9 Å². The third-order valence-corrected chi connectivity index (χ3v) is 6.49. The summed E-state index contributed by atoms with van der Waals surface area (Å²) in [6.07, 6.45) is 2.19. The molecule has 1 aromatic carbocycles. The van der Waals surface area contributed by atoms with Gasteiger partial charge in [-0.15, -0.1) is 0 Å². The van der Waals surface area contributed by atoms with E-state index in [1.54, 1.807) is 24.1 Å². The smallest absolute Gasteiger partial charge is 0.253 e. The monoisotopic (exact) mass is 368 g/mol. The summed E-state index contributed by atoms with van der Waals surface area (Å²) in [6, 6.07) is 5.37. The summed E-state index contributed by atoms with van der Waals surface area (Å²) in [7, 11) is -1.62. The molecule has 1 fully saturated rings. The predicted molar refractivity (Wildman–Crippen MR) is 98.5 cm³/mol. The Morgan fingerprint density at radius 1 is 1.20 bits per heavy atom. The van der Waals surface area contributed by atoms with Crippen LogP contribution in [-0.4, -0.2) is 62.6 Å². The Morgan fingerprint density at radius 2 is 1.96 bits per heavy atom. The molecule has 0 aromatic heterocycles. The number of benzene rings is 1. The van der Waals surface area contributed by atoms with Gasteiger partial charge < -0.3 is 9.64 Å². The first kappa shape index (κ1) is 19.7. The number of nitrogens with zero attached hydrogens (tertiary/aromatic N) is 2. The molecule has 6 nitrogen and oxygen atoms in total. The molecular formula is C18H28N2O4S. The number of ether oxygens (including phenoxy) is 1. The number of rotatable bonds is 6. The largest absolute Gasteiger partial charge is 0.496 e. The highest BCUT2D eigenvalue weighted by Crippen LogP contribution is 2.20. The maximum Gasteiger partial charge on any atom is 0.253 e. The lowest BCUT2D eigenvalue weighted by atomic mass is 10.1. The fourth-order valence-electron chi connectivity index (χ4n) is 3.02. The number of hydrogen-bond acceptors (Lipinski definition) is 4. The molecule has 1 saturated heterocycles. The number of sulfonamides is 1. The van der Waals surface area contributed by atoms with Gasteiger partial charge in [-0.25, -0.2) is 12.7 Å². The molecule has 0 aliphatic carbocycles. The lowest BCUT2D eigenvalue weighted by Crippen LogP contribution is -2.38. The van der Waals surface area contributed by atoms with Gasteiger partial charge in [0.05, 0.1) is 12.9 Å². The van der Waals surface area contributed by atoms with Crippen LogP contribution in [0.25, 0.3) is 0 Å².